The highest BCUT2D eigenvalue weighted by Gasteiger charge is 2.37. The largest absolute Gasteiger partial charge is 0.453 e. The van der Waals surface area contributed by atoms with E-state index in [-0.39, 0.29) is 17.9 Å². The molecule has 3 aliphatic rings. The van der Waals surface area contributed by atoms with Gasteiger partial charge in [-0.05, 0) is 97.2 Å². The van der Waals surface area contributed by atoms with Crippen molar-refractivity contribution >= 4 is 33.8 Å². The minimum Gasteiger partial charge on any atom is -0.453 e. The van der Waals surface area contributed by atoms with E-state index in [1.807, 2.05) is 24.9 Å². The number of imidazole rings is 2. The fraction of sp³-hybridized carbons (Fsp3) is 0.421. The molecule has 2 aliphatic heterocycles. The second-order valence-electron chi connectivity index (χ2n) is 13.9. The maximum atomic E-state index is 13.7. The van der Waals surface area contributed by atoms with Gasteiger partial charge in [-0.25, -0.2) is 14.8 Å². The minimum absolute atomic E-state index is 0.0819. The number of aromatic amines is 2. The molecule has 0 spiro atoms. The molecule has 0 unspecified atom stereocenters. The lowest BCUT2D eigenvalue weighted by Gasteiger charge is -2.29. The molecule has 0 bridgehead atoms. The highest BCUT2D eigenvalue weighted by atomic mass is 16.5. The van der Waals surface area contributed by atoms with Crippen molar-refractivity contribution in [1.82, 2.24) is 35.5 Å². The van der Waals surface area contributed by atoms with E-state index in [1.165, 1.54) is 41.3 Å². The van der Waals surface area contributed by atoms with Crippen LogP contribution in [0.25, 0.3) is 44.2 Å². The number of methoxy groups -OCH3 is 1. The average Bonchev–Trinajstić information content (AvgIpc) is 3.94. The molecule has 4 heterocycles. The van der Waals surface area contributed by atoms with Crippen molar-refractivity contribution in [1.29, 1.82) is 0 Å². The van der Waals surface area contributed by atoms with Crippen molar-refractivity contribution in [2.75, 3.05) is 20.2 Å². The summed E-state index contributed by atoms with van der Waals surface area (Å²) in [5, 5.41) is 8.50. The Hall–Kier alpha value is -4.70. The summed E-state index contributed by atoms with van der Waals surface area (Å²) in [7, 11) is 1.31. The van der Waals surface area contributed by atoms with Gasteiger partial charge < -0.3 is 30.2 Å². The number of ether oxygens (including phenoxy) is 1. The van der Waals surface area contributed by atoms with Gasteiger partial charge >= 0.3 is 6.09 Å². The maximum absolute atomic E-state index is 13.7. The van der Waals surface area contributed by atoms with Crippen LogP contribution in [-0.4, -0.2) is 63.1 Å². The van der Waals surface area contributed by atoms with Crippen LogP contribution in [0.4, 0.5) is 4.79 Å². The number of nitrogens with one attached hydrogen (secondary N) is 4. The summed E-state index contributed by atoms with van der Waals surface area (Å²) in [6.45, 7) is 5.54. The fourth-order valence-electron chi connectivity index (χ4n) is 8.14. The van der Waals surface area contributed by atoms with Crippen molar-refractivity contribution < 1.29 is 14.3 Å². The van der Waals surface area contributed by atoms with Crippen LogP contribution in [0.3, 0.4) is 0 Å². The van der Waals surface area contributed by atoms with Gasteiger partial charge in [-0.2, -0.15) is 0 Å². The molecule has 3 aromatic carbocycles. The summed E-state index contributed by atoms with van der Waals surface area (Å²) in [4.78, 5) is 44.5. The van der Waals surface area contributed by atoms with Crippen molar-refractivity contribution in [2.24, 2.45) is 5.92 Å². The van der Waals surface area contributed by atoms with Gasteiger partial charge in [-0.1, -0.05) is 44.2 Å². The van der Waals surface area contributed by atoms with Gasteiger partial charge in [0, 0.05) is 17.5 Å². The molecule has 2 saturated heterocycles. The molecule has 8 rings (SSSR count). The second kappa shape index (κ2) is 12.4. The van der Waals surface area contributed by atoms with Gasteiger partial charge in [0.1, 0.15) is 17.7 Å². The molecule has 2 fully saturated rings. The Morgan fingerprint density at radius 2 is 1.79 bits per heavy atom. The molecule has 48 heavy (non-hydrogen) atoms. The number of rotatable bonds is 7. The summed E-state index contributed by atoms with van der Waals surface area (Å²) < 4.78 is 4.79. The minimum atomic E-state index is -0.664. The molecule has 10 heteroatoms. The number of hydrogen-bond donors (Lipinski definition) is 4. The van der Waals surface area contributed by atoms with Crippen molar-refractivity contribution in [3.8, 4) is 22.4 Å². The summed E-state index contributed by atoms with van der Waals surface area (Å²) in [5.74, 6) is 1.64. The number of benzene rings is 3. The van der Waals surface area contributed by atoms with E-state index in [2.05, 4.69) is 63.1 Å². The lowest BCUT2D eigenvalue weighted by Crippen LogP contribution is -2.51. The first-order chi connectivity index (χ1) is 23.4. The number of carbonyl (C=O) groups is 2. The maximum Gasteiger partial charge on any atom is 0.407 e. The van der Waals surface area contributed by atoms with Crippen LogP contribution in [0, 0.1) is 5.92 Å². The van der Waals surface area contributed by atoms with Gasteiger partial charge in [-0.3, -0.25) is 4.79 Å². The number of aromatic nitrogens is 4. The number of fused-ring (bicyclic) bond motifs is 4. The van der Waals surface area contributed by atoms with Gasteiger partial charge in [0.2, 0.25) is 5.91 Å². The molecule has 2 aromatic heterocycles. The fourth-order valence-corrected chi connectivity index (χ4v) is 8.14. The van der Waals surface area contributed by atoms with Crippen LogP contribution in [0.1, 0.15) is 80.8 Å². The van der Waals surface area contributed by atoms with Crippen molar-refractivity contribution in [2.45, 2.75) is 76.9 Å². The third kappa shape index (κ3) is 5.32. The van der Waals surface area contributed by atoms with Crippen molar-refractivity contribution in [3.05, 3.63) is 71.4 Å². The lowest BCUT2D eigenvalue weighted by molar-refractivity contribution is -0.135. The highest BCUT2D eigenvalue weighted by Crippen LogP contribution is 2.40. The predicted molar refractivity (Wildman–Crippen MR) is 186 cm³/mol. The van der Waals surface area contributed by atoms with E-state index >= 15 is 0 Å². The van der Waals surface area contributed by atoms with Crippen LogP contribution >= 0.6 is 0 Å². The van der Waals surface area contributed by atoms with Crippen molar-refractivity contribution in [3.63, 3.8) is 0 Å². The molecule has 5 aromatic rings. The zero-order valence-electron chi connectivity index (χ0n) is 27.9. The van der Waals surface area contributed by atoms with E-state index < -0.39 is 12.1 Å². The number of carbonyl (C=O) groups excluding carboxylic acids is 2. The molecular weight excluding hydrogens is 602 g/mol. The Balaban J connectivity index is 1.09. The number of hydrogen-bond acceptors (Lipinski definition) is 6. The van der Waals surface area contributed by atoms with E-state index in [0.717, 1.165) is 84.2 Å². The smallest absolute Gasteiger partial charge is 0.407 e. The Kier molecular flexibility index (Phi) is 7.91. The van der Waals surface area contributed by atoms with E-state index in [9.17, 15) is 9.59 Å². The average molecular weight is 646 g/mol. The molecule has 3 atom stereocenters. The molecular formula is C38H43N7O3. The Bertz CT molecular complexity index is 2020. The topological polar surface area (TPSA) is 128 Å². The Morgan fingerprint density at radius 3 is 2.58 bits per heavy atom. The SMILES string of the molecule is COC(=O)N[C@H](C(=O)N1CCC[C@H]1c1nc2c(ccc3cc(-c4ccc(-c5cnc([C@@H]6CCCN6)[nH]5)c5c4CCC5)ccc32)[nH]1)C(C)C. The van der Waals surface area contributed by atoms with Gasteiger partial charge in [0.15, 0.2) is 0 Å². The monoisotopic (exact) mass is 645 g/mol. The first-order valence-corrected chi connectivity index (χ1v) is 17.4. The number of amides is 2. The van der Waals surface area contributed by atoms with E-state index in [1.54, 1.807) is 0 Å². The molecule has 248 valence electrons. The molecule has 0 radical (unpaired) electrons. The first kappa shape index (κ1) is 30.6. The zero-order chi connectivity index (χ0) is 32.9. The summed E-state index contributed by atoms with van der Waals surface area (Å²) in [6.07, 6.45) is 8.74. The number of likely N-dealkylation sites (tertiary alicyclic amines) is 1. The van der Waals surface area contributed by atoms with Gasteiger partial charge in [0.25, 0.3) is 0 Å². The lowest BCUT2D eigenvalue weighted by atomic mass is 9.91. The predicted octanol–water partition coefficient (Wildman–Crippen LogP) is 6.73. The number of nitrogens with zero attached hydrogens (tertiary/aromatic N) is 3. The summed E-state index contributed by atoms with van der Waals surface area (Å²) in [5.41, 5.74) is 9.64. The van der Waals surface area contributed by atoms with E-state index in [4.69, 9.17) is 14.7 Å². The second-order valence-corrected chi connectivity index (χ2v) is 13.9. The third-order valence-electron chi connectivity index (χ3n) is 10.6. The Labute approximate surface area is 280 Å². The molecule has 10 nitrogen and oxygen atoms in total. The van der Waals surface area contributed by atoms with Crippen LogP contribution in [-0.2, 0) is 22.4 Å². The standard InChI is InChI=1S/C38H43N7O3/c1-21(2)33(44-38(47)48-3)37(46)45-18-6-10-32(45)36-41-29-16-12-23-19-22(11-13-25(23)34(29)43-36)24-14-15-28(27-8-4-7-26(24)27)31-20-40-35(42-31)30-9-5-17-39-30/h11-16,19-21,30,32-33,39H,4-10,17-18H2,1-3H3,(H,40,42)(H,41,43)(H,44,47)/t30-,32-,33-/m0/s1. The molecule has 0 saturated carbocycles. The van der Waals surface area contributed by atoms with Gasteiger partial charge in [0.05, 0.1) is 42.1 Å². The van der Waals surface area contributed by atoms with Crippen LogP contribution in [0.5, 0.6) is 0 Å². The Morgan fingerprint density at radius 1 is 0.958 bits per heavy atom. The quantitative estimate of drug-likeness (QED) is 0.155. The number of alkyl carbamates (subject to hydrolysis) is 1. The summed E-state index contributed by atoms with van der Waals surface area (Å²) in [6, 6.07) is 15.0. The third-order valence-corrected chi connectivity index (χ3v) is 10.6. The summed E-state index contributed by atoms with van der Waals surface area (Å²) >= 11 is 0. The normalized spacial score (nSPS) is 19.8. The van der Waals surface area contributed by atoms with Crippen LogP contribution < -0.4 is 10.6 Å². The number of H-pyrrole nitrogens is 2. The highest BCUT2D eigenvalue weighted by molar-refractivity contribution is 6.05. The molecule has 4 N–H and O–H groups in total. The van der Waals surface area contributed by atoms with E-state index in [0.29, 0.717) is 12.6 Å². The van der Waals surface area contributed by atoms with Crippen LogP contribution in [0.2, 0.25) is 0 Å². The van der Waals surface area contributed by atoms with Gasteiger partial charge in [-0.15, -0.1) is 0 Å². The molecule has 1 aliphatic carbocycles. The van der Waals surface area contributed by atoms with Crippen LogP contribution in [0.15, 0.2) is 48.7 Å². The zero-order valence-corrected chi connectivity index (χ0v) is 27.9. The first-order valence-electron chi connectivity index (χ1n) is 17.4. The molecule has 2 amide bonds.